The molecule has 5 nitrogen and oxygen atoms in total. The molecule has 1 N–H and O–H groups in total. The molecule has 2 heterocycles. The average Bonchev–Trinajstić information content (AvgIpc) is 3.32. The van der Waals surface area contributed by atoms with Crippen LogP contribution in [-0.2, 0) is 0 Å². The van der Waals surface area contributed by atoms with Crippen molar-refractivity contribution in [1.29, 1.82) is 0 Å². The van der Waals surface area contributed by atoms with E-state index in [0.29, 0.717) is 32.8 Å². The molecule has 0 aliphatic heterocycles. The number of benzene rings is 3. The molecule has 0 unspecified atom stereocenters. The van der Waals surface area contributed by atoms with Crippen LogP contribution < -0.4 is 5.32 Å². The summed E-state index contributed by atoms with van der Waals surface area (Å²) in [6, 6.07) is 19.4. The van der Waals surface area contributed by atoms with E-state index in [-0.39, 0.29) is 17.3 Å². The van der Waals surface area contributed by atoms with E-state index >= 15 is 0 Å². The highest BCUT2D eigenvalue weighted by atomic mass is 35.5. The standard InChI is InChI=1S/C26H18ClNO4/c1-14-7-12-21-19(13-14)15(2)24(31-21)26(30)28-22-18-5-3-4-6-20(18)32-25(22)23(29)16-8-10-17(27)11-9-16/h3-13H,1-2H3,(H,28,30). The monoisotopic (exact) mass is 443 g/mol. The number of hydrogen-bond acceptors (Lipinski definition) is 4. The van der Waals surface area contributed by atoms with E-state index < -0.39 is 5.91 Å². The number of halogens is 1. The predicted molar refractivity (Wildman–Crippen MR) is 125 cm³/mol. The fraction of sp³-hybridized carbons (Fsp3) is 0.0769. The number of nitrogens with one attached hydrogen (secondary N) is 1. The van der Waals surface area contributed by atoms with Crippen molar-refractivity contribution in [3.8, 4) is 0 Å². The number of carbonyl (C=O) groups excluding carboxylic acids is 2. The SMILES string of the molecule is Cc1ccc2oc(C(=O)Nc3c(C(=O)c4ccc(Cl)cc4)oc4ccccc34)c(C)c2c1. The first kappa shape index (κ1) is 20.1. The molecule has 6 heteroatoms. The molecule has 0 saturated heterocycles. The maximum atomic E-state index is 13.2. The Labute approximate surface area is 188 Å². The largest absolute Gasteiger partial charge is 0.451 e. The van der Waals surface area contributed by atoms with E-state index in [1.807, 2.05) is 38.1 Å². The van der Waals surface area contributed by atoms with Gasteiger partial charge < -0.3 is 14.2 Å². The summed E-state index contributed by atoms with van der Waals surface area (Å²) >= 11 is 5.95. The van der Waals surface area contributed by atoms with Crippen molar-refractivity contribution in [1.82, 2.24) is 0 Å². The Morgan fingerprint density at radius 2 is 1.50 bits per heavy atom. The fourth-order valence-electron chi connectivity index (χ4n) is 3.78. The third kappa shape index (κ3) is 3.37. The number of rotatable bonds is 4. The van der Waals surface area contributed by atoms with Gasteiger partial charge in [0.2, 0.25) is 5.78 Å². The van der Waals surface area contributed by atoms with E-state index in [2.05, 4.69) is 5.32 Å². The van der Waals surface area contributed by atoms with Crippen molar-refractivity contribution in [3.63, 3.8) is 0 Å². The average molecular weight is 444 g/mol. The van der Waals surface area contributed by atoms with E-state index in [0.717, 1.165) is 16.5 Å². The van der Waals surface area contributed by atoms with Crippen LogP contribution >= 0.6 is 11.6 Å². The summed E-state index contributed by atoms with van der Waals surface area (Å²) in [4.78, 5) is 26.4. The molecule has 0 saturated carbocycles. The third-order valence-corrected chi connectivity index (χ3v) is 5.70. The Kier molecular flexibility index (Phi) is 4.83. The molecule has 32 heavy (non-hydrogen) atoms. The fourth-order valence-corrected chi connectivity index (χ4v) is 3.91. The Morgan fingerprint density at radius 3 is 2.28 bits per heavy atom. The zero-order valence-corrected chi connectivity index (χ0v) is 18.1. The maximum Gasteiger partial charge on any atom is 0.291 e. The van der Waals surface area contributed by atoms with Gasteiger partial charge in [0.25, 0.3) is 5.91 Å². The van der Waals surface area contributed by atoms with Gasteiger partial charge >= 0.3 is 0 Å². The van der Waals surface area contributed by atoms with Gasteiger partial charge in [-0.2, -0.15) is 0 Å². The summed E-state index contributed by atoms with van der Waals surface area (Å²) in [6.07, 6.45) is 0. The minimum Gasteiger partial charge on any atom is -0.451 e. The van der Waals surface area contributed by atoms with Crippen LogP contribution in [0.3, 0.4) is 0 Å². The van der Waals surface area contributed by atoms with Crippen molar-refractivity contribution in [3.05, 3.63) is 100.0 Å². The van der Waals surface area contributed by atoms with Crippen molar-refractivity contribution in [2.45, 2.75) is 13.8 Å². The Hall–Kier alpha value is -3.83. The zero-order valence-electron chi connectivity index (χ0n) is 17.4. The molecule has 0 fully saturated rings. The topological polar surface area (TPSA) is 72.5 Å². The minimum absolute atomic E-state index is 0.0477. The first-order valence-corrected chi connectivity index (χ1v) is 10.4. The number of hydrogen-bond donors (Lipinski definition) is 1. The highest BCUT2D eigenvalue weighted by Crippen LogP contribution is 2.34. The number of furan rings is 2. The molecule has 0 spiro atoms. The third-order valence-electron chi connectivity index (χ3n) is 5.44. The van der Waals surface area contributed by atoms with Gasteiger partial charge in [-0.25, -0.2) is 0 Å². The summed E-state index contributed by atoms with van der Waals surface area (Å²) in [6.45, 7) is 3.82. The first-order valence-electron chi connectivity index (χ1n) is 10.1. The summed E-state index contributed by atoms with van der Waals surface area (Å²) in [5.41, 5.74) is 3.65. The van der Waals surface area contributed by atoms with E-state index in [1.54, 1.807) is 42.5 Å². The number of aryl methyl sites for hydroxylation is 2. The number of amides is 1. The van der Waals surface area contributed by atoms with Gasteiger partial charge in [-0.15, -0.1) is 0 Å². The molecular formula is C26H18ClNO4. The van der Waals surface area contributed by atoms with Crippen LogP contribution in [0, 0.1) is 13.8 Å². The number of anilines is 1. The lowest BCUT2D eigenvalue weighted by Gasteiger charge is -2.05. The van der Waals surface area contributed by atoms with E-state index in [9.17, 15) is 9.59 Å². The molecule has 0 bridgehead atoms. The lowest BCUT2D eigenvalue weighted by atomic mass is 10.1. The quantitative estimate of drug-likeness (QED) is 0.305. The second kappa shape index (κ2) is 7.70. The molecule has 0 radical (unpaired) electrons. The number of fused-ring (bicyclic) bond motifs is 2. The number of ketones is 1. The summed E-state index contributed by atoms with van der Waals surface area (Å²) < 4.78 is 11.7. The van der Waals surface area contributed by atoms with Crippen molar-refractivity contribution in [2.75, 3.05) is 5.32 Å². The second-order valence-corrected chi connectivity index (χ2v) is 8.08. The summed E-state index contributed by atoms with van der Waals surface area (Å²) in [5, 5.41) is 4.89. The van der Waals surface area contributed by atoms with Gasteiger partial charge in [0.15, 0.2) is 11.5 Å². The van der Waals surface area contributed by atoms with Gasteiger partial charge in [0.1, 0.15) is 11.2 Å². The van der Waals surface area contributed by atoms with Crippen molar-refractivity contribution < 1.29 is 18.4 Å². The molecule has 0 aliphatic carbocycles. The summed E-state index contributed by atoms with van der Waals surface area (Å²) in [5.74, 6) is -0.564. The van der Waals surface area contributed by atoms with Crippen molar-refractivity contribution in [2.24, 2.45) is 0 Å². The highest BCUT2D eigenvalue weighted by Gasteiger charge is 2.26. The normalized spacial score (nSPS) is 11.2. The van der Waals surface area contributed by atoms with Crippen LogP contribution in [0.2, 0.25) is 5.02 Å². The van der Waals surface area contributed by atoms with Crippen molar-refractivity contribution >= 4 is 50.9 Å². The smallest absolute Gasteiger partial charge is 0.291 e. The Balaban J connectivity index is 1.59. The van der Waals surface area contributed by atoms with Crippen LogP contribution in [0.25, 0.3) is 21.9 Å². The minimum atomic E-state index is -0.451. The summed E-state index contributed by atoms with van der Waals surface area (Å²) in [7, 11) is 0. The maximum absolute atomic E-state index is 13.2. The molecule has 5 rings (SSSR count). The number of para-hydroxylation sites is 1. The molecule has 3 aromatic carbocycles. The van der Waals surface area contributed by atoms with Crippen LogP contribution in [0.15, 0.2) is 75.6 Å². The Morgan fingerprint density at radius 1 is 0.812 bits per heavy atom. The molecule has 2 aromatic heterocycles. The van der Waals surface area contributed by atoms with E-state index in [1.165, 1.54) is 0 Å². The second-order valence-electron chi connectivity index (χ2n) is 7.65. The van der Waals surface area contributed by atoms with Crippen LogP contribution in [0.1, 0.15) is 37.8 Å². The zero-order chi connectivity index (χ0) is 22.4. The Bertz CT molecular complexity index is 1510. The lowest BCUT2D eigenvalue weighted by Crippen LogP contribution is -2.14. The van der Waals surface area contributed by atoms with Crippen LogP contribution in [0.4, 0.5) is 5.69 Å². The molecule has 158 valence electrons. The van der Waals surface area contributed by atoms with Crippen LogP contribution in [-0.4, -0.2) is 11.7 Å². The van der Waals surface area contributed by atoms with E-state index in [4.69, 9.17) is 20.4 Å². The number of carbonyl (C=O) groups is 2. The van der Waals surface area contributed by atoms with Gasteiger partial charge in [-0.3, -0.25) is 9.59 Å². The van der Waals surface area contributed by atoms with Gasteiger partial charge in [-0.1, -0.05) is 35.4 Å². The molecule has 0 atom stereocenters. The molecular weight excluding hydrogens is 426 g/mol. The lowest BCUT2D eigenvalue weighted by molar-refractivity contribution is 0.0997. The van der Waals surface area contributed by atoms with Gasteiger partial charge in [-0.05, 0) is 62.4 Å². The molecule has 1 amide bonds. The highest BCUT2D eigenvalue weighted by molar-refractivity contribution is 6.30. The first-order chi connectivity index (χ1) is 15.4. The predicted octanol–water partition coefficient (Wildman–Crippen LogP) is 6.93. The molecule has 0 aliphatic rings. The molecule has 5 aromatic rings. The van der Waals surface area contributed by atoms with Gasteiger partial charge in [0, 0.05) is 26.9 Å². The van der Waals surface area contributed by atoms with Gasteiger partial charge in [0.05, 0.1) is 5.69 Å². The van der Waals surface area contributed by atoms with Crippen LogP contribution in [0.5, 0.6) is 0 Å².